The first-order valence-electron chi connectivity index (χ1n) is 23.3. The van der Waals surface area contributed by atoms with E-state index in [1.54, 1.807) is 35.6 Å². The monoisotopic (exact) mass is 924 g/mol. The first kappa shape index (κ1) is 48.3. The number of nitrogens with zero attached hydrogens (tertiary/aromatic N) is 6. The number of anilines is 3. The van der Waals surface area contributed by atoms with Crippen molar-refractivity contribution in [3.63, 3.8) is 0 Å². The molecule has 0 spiro atoms. The summed E-state index contributed by atoms with van der Waals surface area (Å²) >= 11 is 6.62. The molecule has 13 nitrogen and oxygen atoms in total. The van der Waals surface area contributed by atoms with Crippen molar-refractivity contribution in [2.75, 3.05) is 37.0 Å². The minimum atomic E-state index is -0.645. The number of carbonyl (C=O) groups excluding carboxylic acids is 4. The Kier molecular flexibility index (Phi) is 16.1. The van der Waals surface area contributed by atoms with Gasteiger partial charge in [-0.05, 0) is 80.9 Å². The number of unbranched alkanes of at least 4 members (excludes halogenated alkanes) is 5. The molecule has 2 aromatic carbocycles. The third-order valence-corrected chi connectivity index (χ3v) is 13.3. The van der Waals surface area contributed by atoms with Crippen molar-refractivity contribution < 1.29 is 23.9 Å². The van der Waals surface area contributed by atoms with Crippen molar-refractivity contribution in [3.05, 3.63) is 132 Å². The molecule has 0 bridgehead atoms. The second kappa shape index (κ2) is 22.3. The summed E-state index contributed by atoms with van der Waals surface area (Å²) in [5.41, 5.74) is 6.83. The molecule has 5 heterocycles. The third kappa shape index (κ3) is 11.7. The summed E-state index contributed by atoms with van der Waals surface area (Å²) < 4.78 is 6.13. The number of fused-ring (bicyclic) bond motifs is 1. The molecular weight excluding hydrogens is 864 g/mol. The first-order chi connectivity index (χ1) is 32.4. The summed E-state index contributed by atoms with van der Waals surface area (Å²) in [6, 6.07) is 14.7. The zero-order chi connectivity index (χ0) is 47.5. The summed E-state index contributed by atoms with van der Waals surface area (Å²) in [4.78, 5) is 70.4. The molecule has 4 amide bonds. The van der Waals surface area contributed by atoms with Gasteiger partial charge in [0.05, 0.1) is 59.2 Å². The fourth-order valence-electron chi connectivity index (χ4n) is 8.93. The second-order valence-corrected chi connectivity index (χ2v) is 18.2. The number of carbonyl (C=O) groups is 4. The van der Waals surface area contributed by atoms with Crippen molar-refractivity contribution >= 4 is 58.1 Å². The van der Waals surface area contributed by atoms with E-state index in [4.69, 9.17) is 21.3 Å². The van der Waals surface area contributed by atoms with Gasteiger partial charge in [0.25, 0.3) is 5.91 Å². The van der Waals surface area contributed by atoms with Crippen LogP contribution < -0.4 is 20.3 Å². The van der Waals surface area contributed by atoms with Crippen LogP contribution >= 0.6 is 11.6 Å². The van der Waals surface area contributed by atoms with Crippen molar-refractivity contribution in [2.45, 2.75) is 97.1 Å². The Morgan fingerprint density at radius 2 is 1.84 bits per heavy atom. The molecule has 2 fully saturated rings. The van der Waals surface area contributed by atoms with Gasteiger partial charge in [-0.3, -0.25) is 29.5 Å². The van der Waals surface area contributed by atoms with Crippen LogP contribution in [0.1, 0.15) is 106 Å². The van der Waals surface area contributed by atoms with Crippen molar-refractivity contribution in [1.82, 2.24) is 30.1 Å². The number of hydrogen-bond acceptors (Lipinski definition) is 10. The Morgan fingerprint density at radius 3 is 2.63 bits per heavy atom. The molecule has 14 heteroatoms. The Morgan fingerprint density at radius 1 is 1.04 bits per heavy atom. The van der Waals surface area contributed by atoms with Crippen LogP contribution in [0, 0.1) is 5.41 Å². The maximum atomic E-state index is 14.0. The van der Waals surface area contributed by atoms with E-state index < -0.39 is 17.4 Å². The topological polar surface area (TPSA) is 150 Å². The van der Waals surface area contributed by atoms with E-state index in [1.165, 1.54) is 0 Å². The summed E-state index contributed by atoms with van der Waals surface area (Å²) in [5, 5.41) is 6.05. The Hall–Kier alpha value is -6.60. The highest BCUT2D eigenvalue weighted by Gasteiger charge is 2.43. The SMILES string of the molecule is C=C/C=C\C(=C/C)c1cccc(-c2nc(Nc3cncc(N4CCC(C)(CCN(C)C(=C)CCCCCCCCOc5cccc6c5CN(C5CCC(=O)NC5=O)C6=O)C4=O)c3)ncc2Cl)c1. The van der Waals surface area contributed by atoms with Crippen LogP contribution in [0.15, 0.2) is 110 Å². The van der Waals surface area contributed by atoms with E-state index in [0.717, 1.165) is 91.6 Å². The quantitative estimate of drug-likeness (QED) is 0.0443. The van der Waals surface area contributed by atoms with Gasteiger partial charge >= 0.3 is 0 Å². The Bertz CT molecular complexity index is 2580. The zero-order valence-corrected chi connectivity index (χ0v) is 39.6. The number of ether oxygens (including phenoxy) is 1. The maximum Gasteiger partial charge on any atom is 0.255 e. The highest BCUT2D eigenvalue weighted by molar-refractivity contribution is 6.33. The fourth-order valence-corrected chi connectivity index (χ4v) is 9.13. The van der Waals surface area contributed by atoms with E-state index in [0.29, 0.717) is 66.2 Å². The molecule has 2 aromatic heterocycles. The number of aromatic nitrogens is 3. The zero-order valence-electron chi connectivity index (χ0n) is 38.9. The lowest BCUT2D eigenvalue weighted by atomic mass is 9.85. The summed E-state index contributed by atoms with van der Waals surface area (Å²) in [5.74, 6) is 0.214. The molecule has 3 aliphatic heterocycles. The standard InChI is InChI=1S/C53H61ClN8O5/c1-6-8-18-37(7-2)38-19-15-20-39(30-38)48-44(54)34-56-52(59-48)57-40-31-41(33-55-32-40)61-28-26-53(4,51(61)66)25-27-60(5)36(3)17-13-11-9-10-12-14-29-67-46-22-16-21-42-43(46)35-62(50(42)65)45-23-24-47(63)58-49(45)64/h6-8,15-16,18-22,30-34,45H,1,3,9-14,17,23-29,35H2,2,4-5H3,(H,56,57,59)(H,58,63,64)/b18-8-,37-7+. The molecule has 4 aromatic rings. The highest BCUT2D eigenvalue weighted by Crippen LogP contribution is 2.39. The molecule has 0 radical (unpaired) electrons. The number of piperidine rings is 1. The van der Waals surface area contributed by atoms with Gasteiger partial charge in [0, 0.05) is 48.9 Å². The van der Waals surface area contributed by atoms with Crippen LogP contribution in [0.2, 0.25) is 5.02 Å². The number of allylic oxidation sites excluding steroid dienone is 6. The molecule has 2 atom stereocenters. The summed E-state index contributed by atoms with van der Waals surface area (Å²) in [7, 11) is 2.06. The molecule has 2 N–H and O–H groups in total. The van der Waals surface area contributed by atoms with Gasteiger partial charge in [0.15, 0.2) is 0 Å². The normalized spacial score (nSPS) is 18.4. The van der Waals surface area contributed by atoms with Gasteiger partial charge in [0.2, 0.25) is 23.7 Å². The predicted octanol–water partition coefficient (Wildman–Crippen LogP) is 10.2. The van der Waals surface area contributed by atoms with Crippen LogP contribution in [0.25, 0.3) is 16.8 Å². The minimum Gasteiger partial charge on any atom is -0.493 e. The predicted molar refractivity (Wildman–Crippen MR) is 265 cm³/mol. The number of nitrogens with one attached hydrogen (secondary N) is 2. The Balaban J connectivity index is 0.810. The number of imide groups is 1. The maximum absolute atomic E-state index is 14.0. The van der Waals surface area contributed by atoms with Crippen molar-refractivity contribution in [3.8, 4) is 17.0 Å². The molecule has 0 saturated carbocycles. The van der Waals surface area contributed by atoms with E-state index in [1.807, 2.05) is 72.5 Å². The number of rotatable bonds is 22. The van der Waals surface area contributed by atoms with Gasteiger partial charge in [-0.15, -0.1) is 0 Å². The number of pyridine rings is 1. The van der Waals surface area contributed by atoms with Crippen LogP contribution in [-0.2, 0) is 20.9 Å². The average Bonchev–Trinajstić information content (AvgIpc) is 3.82. The Labute approximate surface area is 399 Å². The lowest BCUT2D eigenvalue weighted by Crippen LogP contribution is -2.52. The van der Waals surface area contributed by atoms with Gasteiger partial charge in [-0.2, -0.15) is 0 Å². The second-order valence-electron chi connectivity index (χ2n) is 17.8. The smallest absolute Gasteiger partial charge is 0.255 e. The van der Waals surface area contributed by atoms with E-state index in [9.17, 15) is 19.2 Å². The largest absolute Gasteiger partial charge is 0.493 e. The molecule has 3 aliphatic rings. The molecule has 0 aliphatic carbocycles. The van der Waals surface area contributed by atoms with Crippen LogP contribution in [0.3, 0.4) is 0 Å². The van der Waals surface area contributed by atoms with E-state index in [-0.39, 0.29) is 24.1 Å². The van der Waals surface area contributed by atoms with Crippen molar-refractivity contribution in [1.29, 1.82) is 0 Å². The number of halogens is 1. The number of amides is 4. The minimum absolute atomic E-state index is 0.0865. The highest BCUT2D eigenvalue weighted by atomic mass is 35.5. The molecule has 2 unspecified atom stereocenters. The summed E-state index contributed by atoms with van der Waals surface area (Å²) in [6.45, 7) is 14.4. The van der Waals surface area contributed by atoms with Gasteiger partial charge in [-0.1, -0.05) is 106 Å². The van der Waals surface area contributed by atoms with E-state index in [2.05, 4.69) is 52.6 Å². The van der Waals surface area contributed by atoms with Gasteiger partial charge in [0.1, 0.15) is 11.8 Å². The molecular formula is C53H61ClN8O5. The molecule has 7 rings (SSSR count). The first-order valence-corrected chi connectivity index (χ1v) is 23.7. The summed E-state index contributed by atoms with van der Waals surface area (Å²) in [6.07, 6.45) is 21.9. The average molecular weight is 926 g/mol. The van der Waals surface area contributed by atoms with Gasteiger partial charge < -0.3 is 24.8 Å². The molecule has 67 heavy (non-hydrogen) atoms. The number of hydrogen-bond donors (Lipinski definition) is 2. The third-order valence-electron chi connectivity index (χ3n) is 13.1. The van der Waals surface area contributed by atoms with Gasteiger partial charge in [-0.25, -0.2) is 9.97 Å². The number of benzene rings is 2. The molecule has 350 valence electrons. The van der Waals surface area contributed by atoms with Crippen molar-refractivity contribution in [2.24, 2.45) is 5.41 Å². The van der Waals surface area contributed by atoms with Crippen LogP contribution in [0.4, 0.5) is 17.3 Å². The van der Waals surface area contributed by atoms with Crippen LogP contribution in [-0.4, -0.2) is 81.2 Å². The molecule has 2 saturated heterocycles. The lowest BCUT2D eigenvalue weighted by Gasteiger charge is -2.29. The fraction of sp³-hybridized carbons (Fsp3) is 0.377. The van der Waals surface area contributed by atoms with Crippen LogP contribution in [0.5, 0.6) is 5.75 Å². The van der Waals surface area contributed by atoms with E-state index >= 15 is 0 Å². The lowest BCUT2D eigenvalue weighted by molar-refractivity contribution is -0.137.